The highest BCUT2D eigenvalue weighted by atomic mass is 35.5. The molecule has 0 saturated carbocycles. The number of anilines is 1. The average Bonchev–Trinajstić information content (AvgIpc) is 2.32. The fourth-order valence-corrected chi connectivity index (χ4v) is 1.43. The Hall–Kier alpha value is -2.25. The summed E-state index contributed by atoms with van der Waals surface area (Å²) < 4.78 is 5.45. The predicted octanol–water partition coefficient (Wildman–Crippen LogP) is 2.98. The molecule has 0 aliphatic rings. The fourth-order valence-electron chi connectivity index (χ4n) is 1.25. The number of nitriles is 1. The summed E-state index contributed by atoms with van der Waals surface area (Å²) in [6, 6.07) is 12.0. The molecule has 4 nitrogen and oxygen atoms in total. The van der Waals surface area contributed by atoms with Crippen molar-refractivity contribution in [3.63, 3.8) is 0 Å². The molecule has 0 fully saturated rings. The Morgan fingerprint density at radius 2 is 2.12 bits per heavy atom. The Morgan fingerprint density at radius 1 is 1.29 bits per heavy atom. The van der Waals surface area contributed by atoms with Crippen LogP contribution in [0.25, 0.3) is 0 Å². The zero-order valence-corrected chi connectivity index (χ0v) is 9.48. The molecule has 0 aliphatic carbocycles. The van der Waals surface area contributed by atoms with Crippen LogP contribution in [0.1, 0.15) is 5.69 Å². The van der Waals surface area contributed by atoms with E-state index >= 15 is 0 Å². The summed E-state index contributed by atoms with van der Waals surface area (Å²) in [5.74, 6) is 0.858. The topological polar surface area (TPSA) is 71.9 Å². The van der Waals surface area contributed by atoms with Gasteiger partial charge in [-0.2, -0.15) is 5.26 Å². The highest BCUT2D eigenvalue weighted by Crippen LogP contribution is 2.23. The SMILES string of the molecule is N#Cc1nc(Oc2cccc(Cl)c2)ccc1N. The van der Waals surface area contributed by atoms with Gasteiger partial charge in [0.2, 0.25) is 5.88 Å². The summed E-state index contributed by atoms with van der Waals surface area (Å²) in [4.78, 5) is 3.96. The van der Waals surface area contributed by atoms with Gasteiger partial charge in [-0.3, -0.25) is 0 Å². The molecule has 0 bridgehead atoms. The Bertz CT molecular complexity index is 593. The van der Waals surface area contributed by atoms with Gasteiger partial charge in [-0.05, 0) is 24.3 Å². The number of rotatable bonds is 2. The third-order valence-electron chi connectivity index (χ3n) is 2.03. The van der Waals surface area contributed by atoms with Crippen LogP contribution in [0.5, 0.6) is 11.6 Å². The van der Waals surface area contributed by atoms with E-state index in [4.69, 9.17) is 27.3 Å². The molecule has 2 N–H and O–H groups in total. The number of hydrogen-bond acceptors (Lipinski definition) is 4. The molecule has 2 rings (SSSR count). The van der Waals surface area contributed by atoms with Crippen molar-refractivity contribution in [1.29, 1.82) is 5.26 Å². The first-order valence-corrected chi connectivity index (χ1v) is 5.17. The highest BCUT2D eigenvalue weighted by Gasteiger charge is 2.04. The van der Waals surface area contributed by atoms with Gasteiger partial charge < -0.3 is 10.5 Å². The van der Waals surface area contributed by atoms with Gasteiger partial charge in [0, 0.05) is 11.1 Å². The molecule has 0 radical (unpaired) electrons. The average molecular weight is 246 g/mol. The number of nitrogen functional groups attached to an aromatic ring is 1. The van der Waals surface area contributed by atoms with E-state index < -0.39 is 0 Å². The summed E-state index contributed by atoms with van der Waals surface area (Å²) in [5, 5.41) is 9.35. The number of nitrogens with two attached hydrogens (primary N) is 1. The van der Waals surface area contributed by atoms with Crippen LogP contribution in [-0.4, -0.2) is 4.98 Å². The number of aromatic nitrogens is 1. The van der Waals surface area contributed by atoms with E-state index in [-0.39, 0.29) is 5.69 Å². The maximum Gasteiger partial charge on any atom is 0.220 e. The maximum atomic E-state index is 8.78. The standard InChI is InChI=1S/C12H8ClN3O/c13-8-2-1-3-9(6-8)17-12-5-4-10(15)11(7-14)16-12/h1-6H,15H2. The van der Waals surface area contributed by atoms with Gasteiger partial charge in [-0.1, -0.05) is 17.7 Å². The zero-order valence-electron chi connectivity index (χ0n) is 8.72. The minimum Gasteiger partial charge on any atom is -0.439 e. The highest BCUT2D eigenvalue weighted by molar-refractivity contribution is 6.30. The summed E-state index contributed by atoms with van der Waals surface area (Å²) >= 11 is 5.82. The monoisotopic (exact) mass is 245 g/mol. The van der Waals surface area contributed by atoms with Crippen LogP contribution in [0, 0.1) is 11.3 Å². The lowest BCUT2D eigenvalue weighted by molar-refractivity contribution is 0.462. The quantitative estimate of drug-likeness (QED) is 0.883. The van der Waals surface area contributed by atoms with Gasteiger partial charge in [-0.25, -0.2) is 4.98 Å². The molecule has 5 heteroatoms. The molecule has 0 spiro atoms. The van der Waals surface area contributed by atoms with Gasteiger partial charge in [0.05, 0.1) is 5.69 Å². The van der Waals surface area contributed by atoms with E-state index in [1.54, 1.807) is 36.4 Å². The van der Waals surface area contributed by atoms with Gasteiger partial charge in [0.15, 0.2) is 5.69 Å². The summed E-state index contributed by atoms with van der Waals surface area (Å²) in [6.07, 6.45) is 0. The lowest BCUT2D eigenvalue weighted by Gasteiger charge is -2.05. The van der Waals surface area contributed by atoms with Crippen LogP contribution in [0.15, 0.2) is 36.4 Å². The largest absolute Gasteiger partial charge is 0.439 e. The van der Waals surface area contributed by atoms with Crippen LogP contribution < -0.4 is 10.5 Å². The molecule has 0 amide bonds. The van der Waals surface area contributed by atoms with Gasteiger partial charge in [0.25, 0.3) is 0 Å². The summed E-state index contributed by atoms with van der Waals surface area (Å²) in [5.41, 5.74) is 6.02. The first kappa shape index (κ1) is 11.2. The summed E-state index contributed by atoms with van der Waals surface area (Å²) in [7, 11) is 0. The molecule has 0 atom stereocenters. The molecule has 0 saturated heterocycles. The molecule has 0 unspecified atom stereocenters. The second kappa shape index (κ2) is 4.73. The van der Waals surface area contributed by atoms with Crippen molar-refractivity contribution < 1.29 is 4.74 Å². The second-order valence-electron chi connectivity index (χ2n) is 3.26. The number of pyridine rings is 1. The molecular weight excluding hydrogens is 238 g/mol. The van der Waals surface area contributed by atoms with Gasteiger partial charge >= 0.3 is 0 Å². The van der Waals surface area contributed by atoms with Crippen LogP contribution in [0.4, 0.5) is 5.69 Å². The van der Waals surface area contributed by atoms with Gasteiger partial charge in [0.1, 0.15) is 11.8 Å². The van der Waals surface area contributed by atoms with Crippen molar-refractivity contribution in [3.8, 4) is 17.7 Å². The van der Waals surface area contributed by atoms with E-state index in [0.717, 1.165) is 0 Å². The third kappa shape index (κ3) is 2.65. The second-order valence-corrected chi connectivity index (χ2v) is 3.69. The van der Waals surface area contributed by atoms with Crippen molar-refractivity contribution in [3.05, 3.63) is 47.1 Å². The zero-order chi connectivity index (χ0) is 12.3. The molecule has 1 heterocycles. The fraction of sp³-hybridized carbons (Fsp3) is 0. The van der Waals surface area contributed by atoms with E-state index in [1.807, 2.05) is 6.07 Å². The number of hydrogen-bond donors (Lipinski definition) is 1. The molecule has 1 aromatic heterocycles. The van der Waals surface area contributed by atoms with Crippen molar-refractivity contribution in [2.24, 2.45) is 0 Å². The molecular formula is C12H8ClN3O. The minimum absolute atomic E-state index is 0.143. The van der Waals surface area contributed by atoms with Crippen LogP contribution in [0.3, 0.4) is 0 Å². The van der Waals surface area contributed by atoms with E-state index in [0.29, 0.717) is 22.3 Å². The Balaban J connectivity index is 2.28. The van der Waals surface area contributed by atoms with E-state index in [9.17, 15) is 0 Å². The molecule has 0 aliphatic heterocycles. The first-order chi connectivity index (χ1) is 8.19. The molecule has 2 aromatic rings. The third-order valence-corrected chi connectivity index (χ3v) is 2.26. The van der Waals surface area contributed by atoms with Crippen LogP contribution >= 0.6 is 11.6 Å². The van der Waals surface area contributed by atoms with E-state index in [1.165, 1.54) is 0 Å². The van der Waals surface area contributed by atoms with E-state index in [2.05, 4.69) is 4.98 Å². The number of benzene rings is 1. The Morgan fingerprint density at radius 3 is 2.82 bits per heavy atom. The molecule has 1 aromatic carbocycles. The van der Waals surface area contributed by atoms with Crippen molar-refractivity contribution in [2.75, 3.05) is 5.73 Å². The lowest BCUT2D eigenvalue weighted by atomic mass is 10.3. The van der Waals surface area contributed by atoms with Crippen LogP contribution in [-0.2, 0) is 0 Å². The normalized spacial score (nSPS) is 9.65. The van der Waals surface area contributed by atoms with Crippen molar-refractivity contribution in [2.45, 2.75) is 0 Å². The van der Waals surface area contributed by atoms with Crippen LogP contribution in [0.2, 0.25) is 5.02 Å². The maximum absolute atomic E-state index is 8.78. The molecule has 17 heavy (non-hydrogen) atoms. The van der Waals surface area contributed by atoms with Gasteiger partial charge in [-0.15, -0.1) is 0 Å². The number of halogens is 1. The Labute approximate surface area is 103 Å². The molecule has 84 valence electrons. The lowest BCUT2D eigenvalue weighted by Crippen LogP contribution is -1.96. The Kier molecular flexibility index (Phi) is 3.12. The predicted molar refractivity (Wildman–Crippen MR) is 64.9 cm³/mol. The number of ether oxygens (including phenoxy) is 1. The van der Waals surface area contributed by atoms with Crippen molar-refractivity contribution in [1.82, 2.24) is 4.98 Å². The smallest absolute Gasteiger partial charge is 0.220 e. The van der Waals surface area contributed by atoms with Crippen molar-refractivity contribution >= 4 is 17.3 Å². The minimum atomic E-state index is 0.143. The number of nitrogens with zero attached hydrogens (tertiary/aromatic N) is 2. The first-order valence-electron chi connectivity index (χ1n) is 4.79. The summed E-state index contributed by atoms with van der Waals surface area (Å²) in [6.45, 7) is 0.